The zero-order chi connectivity index (χ0) is 51.4. The molecule has 402 valence electrons. The van der Waals surface area contributed by atoms with Crippen molar-refractivity contribution in [1.29, 1.82) is 0 Å². The molecule has 6 nitrogen and oxygen atoms in total. The third-order valence-corrected chi connectivity index (χ3v) is 11.9. The van der Waals surface area contributed by atoms with Gasteiger partial charge in [0.05, 0.1) is 0 Å². The molecule has 0 bridgehead atoms. The van der Waals surface area contributed by atoms with Crippen molar-refractivity contribution in [2.24, 2.45) is 0 Å². The second kappa shape index (κ2) is 58.4. The van der Waals surface area contributed by atoms with E-state index in [1.165, 1.54) is 122 Å². The summed E-state index contributed by atoms with van der Waals surface area (Å²) in [4.78, 5) is 38.1. The predicted molar refractivity (Wildman–Crippen MR) is 306 cm³/mol. The van der Waals surface area contributed by atoms with E-state index in [1.54, 1.807) is 0 Å². The van der Waals surface area contributed by atoms with Crippen LogP contribution < -0.4 is 0 Å². The lowest BCUT2D eigenvalue weighted by molar-refractivity contribution is -0.166. The van der Waals surface area contributed by atoms with Crippen LogP contribution in [0.3, 0.4) is 0 Å². The van der Waals surface area contributed by atoms with Crippen LogP contribution in [-0.2, 0) is 28.6 Å². The number of carbonyl (C=O) groups excluding carboxylic acids is 3. The summed E-state index contributed by atoms with van der Waals surface area (Å²) in [5.74, 6) is -1.07. The first-order valence-corrected chi connectivity index (χ1v) is 29.0. The molecule has 0 spiro atoms. The number of hydrogen-bond donors (Lipinski definition) is 0. The number of esters is 3. The van der Waals surface area contributed by atoms with Crippen LogP contribution >= 0.6 is 0 Å². The minimum Gasteiger partial charge on any atom is -0.462 e. The molecule has 0 aromatic heterocycles. The topological polar surface area (TPSA) is 78.9 Å². The maximum Gasteiger partial charge on any atom is 0.306 e. The zero-order valence-corrected chi connectivity index (χ0v) is 45.9. The highest BCUT2D eigenvalue weighted by Crippen LogP contribution is 2.13. The summed E-state index contributed by atoms with van der Waals surface area (Å²) in [6.45, 7) is 6.40. The van der Waals surface area contributed by atoms with Gasteiger partial charge in [0, 0.05) is 19.3 Å². The van der Waals surface area contributed by atoms with Gasteiger partial charge < -0.3 is 14.2 Å². The van der Waals surface area contributed by atoms with Gasteiger partial charge in [-0.15, -0.1) is 0 Å². The second-order valence-electron chi connectivity index (χ2n) is 18.8. The highest BCUT2D eigenvalue weighted by atomic mass is 16.6. The van der Waals surface area contributed by atoms with Crippen LogP contribution in [0, 0.1) is 0 Å². The highest BCUT2D eigenvalue weighted by molar-refractivity contribution is 5.71. The van der Waals surface area contributed by atoms with E-state index >= 15 is 0 Å². The van der Waals surface area contributed by atoms with Crippen LogP contribution in [0.4, 0.5) is 0 Å². The normalized spacial score (nSPS) is 13.0. The minimum atomic E-state index is -0.844. The third-order valence-electron chi connectivity index (χ3n) is 11.9. The van der Waals surface area contributed by atoms with Gasteiger partial charge in [0.15, 0.2) is 6.10 Å². The SMILES string of the molecule is CC/C=C\C/C=C\C/C=C\C/C=C\C/C=C\C/C=C\CCC(=O)O[C@H](COC(=O)CCC/C=C\C/C=C\C/C=C\CCCCCCCC)COC(=O)CCCCCCCCC/C=C\CCCCCCCC. The zero-order valence-electron chi connectivity index (χ0n) is 45.9. The van der Waals surface area contributed by atoms with Crippen molar-refractivity contribution in [3.63, 3.8) is 0 Å². The Kier molecular flexibility index (Phi) is 54.9. The molecule has 0 aromatic carbocycles. The standard InChI is InChI=1S/C65H106O6/c1-4-7-10-13-16-19-22-25-28-31-32-35-38-41-44-47-50-53-56-59-65(68)71-62(60-69-63(66)57-54-51-48-45-42-39-36-33-29-26-23-20-17-14-11-8-5-2)61-70-64(67)58-55-52-49-46-43-40-37-34-30-27-24-21-18-15-12-9-6-3/h7,10,16,19,25-30,32,35-36,39,41,44-45,48,50,53,62H,4-6,8-9,11-15,17-18,20-24,31,33-34,37-38,40,42-43,46-47,49,51-52,54-61H2,1-3H3/b10-7-,19-16-,28-25-,29-26-,30-27-,35-32-,39-36-,44-41-,48-45-,53-50-/t62-/m1/s1. The first kappa shape index (κ1) is 66.8. The van der Waals surface area contributed by atoms with Crippen molar-refractivity contribution in [3.05, 3.63) is 122 Å². The van der Waals surface area contributed by atoms with E-state index in [0.717, 1.165) is 77.0 Å². The Balaban J connectivity index is 4.60. The molecule has 0 aliphatic heterocycles. The first-order chi connectivity index (χ1) is 35.0. The van der Waals surface area contributed by atoms with Gasteiger partial charge in [0.2, 0.25) is 0 Å². The summed E-state index contributed by atoms with van der Waals surface area (Å²) in [5.41, 5.74) is 0. The van der Waals surface area contributed by atoms with Gasteiger partial charge >= 0.3 is 17.9 Å². The average Bonchev–Trinajstić information content (AvgIpc) is 3.37. The molecule has 0 amide bonds. The lowest BCUT2D eigenvalue weighted by Crippen LogP contribution is -2.30. The van der Waals surface area contributed by atoms with Crippen molar-refractivity contribution in [3.8, 4) is 0 Å². The molecule has 0 saturated carbocycles. The van der Waals surface area contributed by atoms with Crippen LogP contribution in [0.2, 0.25) is 0 Å². The Morgan fingerprint density at radius 3 is 0.986 bits per heavy atom. The molecular weight excluding hydrogens is 877 g/mol. The smallest absolute Gasteiger partial charge is 0.306 e. The van der Waals surface area contributed by atoms with Crippen LogP contribution in [0.1, 0.15) is 252 Å². The molecule has 0 saturated heterocycles. The lowest BCUT2D eigenvalue weighted by Gasteiger charge is -2.18. The second-order valence-corrected chi connectivity index (χ2v) is 18.8. The summed E-state index contributed by atoms with van der Waals surface area (Å²) < 4.78 is 16.7. The summed E-state index contributed by atoms with van der Waals surface area (Å²) in [5, 5.41) is 0. The van der Waals surface area contributed by atoms with Crippen molar-refractivity contribution in [2.45, 2.75) is 258 Å². The molecule has 0 unspecified atom stereocenters. The molecule has 0 aliphatic carbocycles. The minimum absolute atomic E-state index is 0.129. The van der Waals surface area contributed by atoms with Crippen molar-refractivity contribution in [2.75, 3.05) is 13.2 Å². The van der Waals surface area contributed by atoms with Gasteiger partial charge in [0.25, 0.3) is 0 Å². The number of carbonyl (C=O) groups is 3. The molecule has 6 heteroatoms. The van der Waals surface area contributed by atoms with Gasteiger partial charge in [-0.25, -0.2) is 0 Å². The number of allylic oxidation sites excluding steroid dienone is 20. The van der Waals surface area contributed by atoms with Gasteiger partial charge in [0.1, 0.15) is 13.2 Å². The molecule has 0 aromatic rings. The van der Waals surface area contributed by atoms with Gasteiger partial charge in [-0.3, -0.25) is 14.4 Å². The van der Waals surface area contributed by atoms with E-state index in [1.807, 2.05) is 12.2 Å². The molecule has 0 N–H and O–H groups in total. The van der Waals surface area contributed by atoms with E-state index in [4.69, 9.17) is 14.2 Å². The van der Waals surface area contributed by atoms with Crippen LogP contribution in [-0.4, -0.2) is 37.2 Å². The Bertz CT molecular complexity index is 1500. The Labute approximate surface area is 437 Å². The van der Waals surface area contributed by atoms with Crippen molar-refractivity contribution < 1.29 is 28.6 Å². The third kappa shape index (κ3) is 56.6. The molecule has 1 atom stereocenters. The molecule has 0 rings (SSSR count). The summed E-state index contributed by atoms with van der Waals surface area (Å²) >= 11 is 0. The maximum atomic E-state index is 12.8. The summed E-state index contributed by atoms with van der Waals surface area (Å²) in [7, 11) is 0. The Morgan fingerprint density at radius 1 is 0.296 bits per heavy atom. The fourth-order valence-electron chi connectivity index (χ4n) is 7.60. The fourth-order valence-corrected chi connectivity index (χ4v) is 7.60. The van der Waals surface area contributed by atoms with Crippen molar-refractivity contribution >= 4 is 17.9 Å². The molecule has 0 aliphatic rings. The summed E-state index contributed by atoms with van der Waals surface area (Å²) in [6.07, 6.45) is 80.6. The number of hydrogen-bond acceptors (Lipinski definition) is 6. The predicted octanol–water partition coefficient (Wildman–Crippen LogP) is 19.6. The van der Waals surface area contributed by atoms with Crippen LogP contribution in [0.25, 0.3) is 0 Å². The van der Waals surface area contributed by atoms with E-state index in [0.29, 0.717) is 19.3 Å². The molecular formula is C65H106O6. The maximum absolute atomic E-state index is 12.8. The van der Waals surface area contributed by atoms with Gasteiger partial charge in [-0.2, -0.15) is 0 Å². The van der Waals surface area contributed by atoms with E-state index in [2.05, 4.69) is 130 Å². The Morgan fingerprint density at radius 2 is 0.592 bits per heavy atom. The van der Waals surface area contributed by atoms with E-state index in [-0.39, 0.29) is 38.0 Å². The molecule has 0 heterocycles. The first-order valence-electron chi connectivity index (χ1n) is 29.0. The van der Waals surface area contributed by atoms with Gasteiger partial charge in [-0.05, 0) is 116 Å². The fraction of sp³-hybridized carbons (Fsp3) is 0.646. The summed E-state index contributed by atoms with van der Waals surface area (Å²) in [6, 6.07) is 0. The molecule has 0 radical (unpaired) electrons. The molecule has 71 heavy (non-hydrogen) atoms. The van der Waals surface area contributed by atoms with Crippen LogP contribution in [0.5, 0.6) is 0 Å². The number of unbranched alkanes of at least 4 members (excludes halogenated alkanes) is 20. The van der Waals surface area contributed by atoms with E-state index < -0.39 is 12.1 Å². The lowest BCUT2D eigenvalue weighted by atomic mass is 10.1. The van der Waals surface area contributed by atoms with E-state index in [9.17, 15) is 14.4 Å². The molecule has 0 fully saturated rings. The highest BCUT2D eigenvalue weighted by Gasteiger charge is 2.19. The van der Waals surface area contributed by atoms with Crippen molar-refractivity contribution in [1.82, 2.24) is 0 Å². The monoisotopic (exact) mass is 983 g/mol. The average molecular weight is 984 g/mol. The largest absolute Gasteiger partial charge is 0.462 e. The Hall–Kier alpha value is -4.19. The van der Waals surface area contributed by atoms with Crippen LogP contribution in [0.15, 0.2) is 122 Å². The van der Waals surface area contributed by atoms with Gasteiger partial charge in [-0.1, -0.05) is 239 Å². The quantitative estimate of drug-likeness (QED) is 0.0261. The number of ether oxygens (including phenoxy) is 3. The number of rotatable bonds is 51.